The standard InChI is InChI=1S/C16H18BrNO2S2/c1-2-11-12-7-3-5-9-14(12)21-16(11)18-22(19,20)15-10-6-4-8-13(15)17/h4,6,8,10,18H,2-3,5,7,9H2,1H3. The molecule has 0 amide bonds. The molecule has 0 spiro atoms. The van der Waals surface area contributed by atoms with Crippen LogP contribution in [0, 0.1) is 0 Å². The number of benzene rings is 1. The van der Waals surface area contributed by atoms with Crippen LogP contribution < -0.4 is 4.72 Å². The Labute approximate surface area is 143 Å². The second-order valence-corrected chi connectivity index (χ2v) is 9.02. The maximum Gasteiger partial charge on any atom is 0.263 e. The van der Waals surface area contributed by atoms with Gasteiger partial charge in [0.2, 0.25) is 0 Å². The molecule has 0 atom stereocenters. The molecular weight excluding hydrogens is 382 g/mol. The van der Waals surface area contributed by atoms with Crippen molar-refractivity contribution in [2.45, 2.75) is 43.9 Å². The highest BCUT2D eigenvalue weighted by atomic mass is 79.9. The fourth-order valence-corrected chi connectivity index (χ4v) is 6.64. The van der Waals surface area contributed by atoms with Crippen LogP contribution in [0.15, 0.2) is 33.6 Å². The minimum absolute atomic E-state index is 0.281. The maximum atomic E-state index is 12.7. The normalized spacial score (nSPS) is 14.6. The molecule has 1 aromatic heterocycles. The third kappa shape index (κ3) is 2.96. The summed E-state index contributed by atoms with van der Waals surface area (Å²) < 4.78 is 28.7. The Balaban J connectivity index is 1.99. The van der Waals surface area contributed by atoms with E-state index >= 15 is 0 Å². The van der Waals surface area contributed by atoms with Crippen LogP contribution in [0.5, 0.6) is 0 Å². The van der Waals surface area contributed by atoms with Gasteiger partial charge in [-0.25, -0.2) is 8.42 Å². The van der Waals surface area contributed by atoms with Crippen LogP contribution in [0.4, 0.5) is 5.00 Å². The summed E-state index contributed by atoms with van der Waals surface area (Å²) in [5.74, 6) is 0. The van der Waals surface area contributed by atoms with Crippen molar-refractivity contribution < 1.29 is 8.42 Å². The fraction of sp³-hybridized carbons (Fsp3) is 0.375. The Hall–Kier alpha value is -0.850. The van der Waals surface area contributed by atoms with Gasteiger partial charge in [-0.1, -0.05) is 19.1 Å². The molecule has 0 radical (unpaired) electrons. The minimum atomic E-state index is -3.56. The minimum Gasteiger partial charge on any atom is -0.270 e. The number of hydrogen-bond donors (Lipinski definition) is 1. The average Bonchev–Trinajstić information content (AvgIpc) is 2.83. The quantitative estimate of drug-likeness (QED) is 0.805. The summed E-state index contributed by atoms with van der Waals surface area (Å²) in [7, 11) is -3.56. The van der Waals surface area contributed by atoms with Gasteiger partial charge in [0, 0.05) is 9.35 Å². The molecule has 22 heavy (non-hydrogen) atoms. The molecule has 0 unspecified atom stereocenters. The molecule has 6 heteroatoms. The van der Waals surface area contributed by atoms with E-state index in [0.717, 1.165) is 24.3 Å². The SMILES string of the molecule is CCc1c(NS(=O)(=O)c2ccccc2Br)sc2c1CCCC2. The lowest BCUT2D eigenvalue weighted by molar-refractivity contribution is 0.601. The topological polar surface area (TPSA) is 46.2 Å². The Morgan fingerprint density at radius 3 is 2.68 bits per heavy atom. The lowest BCUT2D eigenvalue weighted by Gasteiger charge is -2.12. The van der Waals surface area contributed by atoms with Gasteiger partial charge in [-0.2, -0.15) is 0 Å². The predicted octanol–water partition coefficient (Wildman–Crippen LogP) is 4.75. The summed E-state index contributed by atoms with van der Waals surface area (Å²) in [6, 6.07) is 6.91. The van der Waals surface area contributed by atoms with Crippen LogP contribution in [-0.4, -0.2) is 8.42 Å². The van der Waals surface area contributed by atoms with E-state index in [1.54, 1.807) is 29.5 Å². The van der Waals surface area contributed by atoms with Crippen LogP contribution in [0.3, 0.4) is 0 Å². The molecule has 2 aromatic rings. The number of rotatable bonds is 4. The van der Waals surface area contributed by atoms with Gasteiger partial charge >= 0.3 is 0 Å². The van der Waals surface area contributed by atoms with E-state index in [1.165, 1.54) is 28.8 Å². The molecule has 1 N–H and O–H groups in total. The molecule has 3 nitrogen and oxygen atoms in total. The van der Waals surface area contributed by atoms with Crippen molar-refractivity contribution in [3.05, 3.63) is 44.7 Å². The van der Waals surface area contributed by atoms with E-state index in [1.807, 2.05) is 6.07 Å². The van der Waals surface area contributed by atoms with Crippen molar-refractivity contribution >= 4 is 42.3 Å². The number of nitrogens with one attached hydrogen (secondary N) is 1. The monoisotopic (exact) mass is 399 g/mol. The number of anilines is 1. The molecule has 0 saturated heterocycles. The number of halogens is 1. The highest BCUT2D eigenvalue weighted by molar-refractivity contribution is 9.10. The van der Waals surface area contributed by atoms with E-state index in [4.69, 9.17) is 0 Å². The highest BCUT2D eigenvalue weighted by Crippen LogP contribution is 2.39. The summed E-state index contributed by atoms with van der Waals surface area (Å²) >= 11 is 4.93. The summed E-state index contributed by atoms with van der Waals surface area (Å²) in [5.41, 5.74) is 2.55. The van der Waals surface area contributed by atoms with Gasteiger partial charge in [-0.15, -0.1) is 11.3 Å². The van der Waals surface area contributed by atoms with E-state index in [0.29, 0.717) is 4.47 Å². The van der Waals surface area contributed by atoms with E-state index in [9.17, 15) is 8.42 Å². The number of thiophene rings is 1. The molecule has 0 bridgehead atoms. The second-order valence-electron chi connectivity index (χ2n) is 5.41. The lowest BCUT2D eigenvalue weighted by atomic mass is 9.95. The van der Waals surface area contributed by atoms with Crippen molar-refractivity contribution in [1.29, 1.82) is 0 Å². The summed E-state index contributed by atoms with van der Waals surface area (Å²) in [6.07, 6.45) is 5.41. The van der Waals surface area contributed by atoms with Crippen LogP contribution in [0.25, 0.3) is 0 Å². The number of sulfonamides is 1. The van der Waals surface area contributed by atoms with E-state index in [2.05, 4.69) is 27.6 Å². The summed E-state index contributed by atoms with van der Waals surface area (Å²) in [5, 5.41) is 0.796. The molecule has 1 aromatic carbocycles. The van der Waals surface area contributed by atoms with Crippen LogP contribution in [0.1, 0.15) is 35.8 Å². The Bertz CT molecular complexity index is 796. The van der Waals surface area contributed by atoms with Crippen molar-refractivity contribution in [3.63, 3.8) is 0 Å². The van der Waals surface area contributed by atoms with Crippen molar-refractivity contribution in [2.24, 2.45) is 0 Å². The highest BCUT2D eigenvalue weighted by Gasteiger charge is 2.24. The number of aryl methyl sites for hydroxylation is 1. The zero-order valence-electron chi connectivity index (χ0n) is 12.4. The van der Waals surface area contributed by atoms with Gasteiger partial charge in [0.25, 0.3) is 10.0 Å². The molecule has 0 fully saturated rings. The first-order valence-electron chi connectivity index (χ1n) is 7.43. The first-order valence-corrected chi connectivity index (χ1v) is 10.5. The van der Waals surface area contributed by atoms with Gasteiger partial charge in [0.1, 0.15) is 9.90 Å². The largest absolute Gasteiger partial charge is 0.270 e. The first kappa shape index (κ1) is 16.0. The molecule has 1 heterocycles. The van der Waals surface area contributed by atoms with Crippen molar-refractivity contribution in [1.82, 2.24) is 0 Å². The average molecular weight is 400 g/mol. The molecular formula is C16H18BrNO2S2. The third-order valence-corrected chi connectivity index (χ3v) is 7.73. The van der Waals surface area contributed by atoms with Gasteiger partial charge in [0.05, 0.1) is 0 Å². The Morgan fingerprint density at radius 2 is 1.95 bits per heavy atom. The van der Waals surface area contributed by atoms with E-state index < -0.39 is 10.0 Å². The molecule has 3 rings (SSSR count). The third-order valence-electron chi connectivity index (χ3n) is 3.99. The van der Waals surface area contributed by atoms with Crippen LogP contribution in [0.2, 0.25) is 0 Å². The fourth-order valence-electron chi connectivity index (χ4n) is 2.93. The van der Waals surface area contributed by atoms with Gasteiger partial charge < -0.3 is 0 Å². The smallest absolute Gasteiger partial charge is 0.263 e. The molecule has 0 aliphatic heterocycles. The van der Waals surface area contributed by atoms with Crippen molar-refractivity contribution in [3.8, 4) is 0 Å². The van der Waals surface area contributed by atoms with Gasteiger partial charge in [-0.3, -0.25) is 4.72 Å². The van der Waals surface area contributed by atoms with Gasteiger partial charge in [-0.05, 0) is 71.3 Å². The van der Waals surface area contributed by atoms with Crippen LogP contribution >= 0.6 is 27.3 Å². The summed E-state index contributed by atoms with van der Waals surface area (Å²) in [4.78, 5) is 1.64. The predicted molar refractivity (Wildman–Crippen MR) is 95.3 cm³/mol. The van der Waals surface area contributed by atoms with E-state index in [-0.39, 0.29) is 4.90 Å². The maximum absolute atomic E-state index is 12.7. The van der Waals surface area contributed by atoms with Crippen molar-refractivity contribution in [2.75, 3.05) is 4.72 Å². The summed E-state index contributed by atoms with van der Waals surface area (Å²) in [6.45, 7) is 2.09. The molecule has 1 aliphatic carbocycles. The number of fused-ring (bicyclic) bond motifs is 1. The molecule has 1 aliphatic rings. The second kappa shape index (κ2) is 6.34. The zero-order chi connectivity index (χ0) is 15.7. The molecule has 118 valence electrons. The lowest BCUT2D eigenvalue weighted by Crippen LogP contribution is -2.13. The molecule has 0 saturated carbocycles. The number of hydrogen-bond acceptors (Lipinski definition) is 3. The Morgan fingerprint density at radius 1 is 1.23 bits per heavy atom. The Kier molecular flexibility index (Phi) is 4.61. The van der Waals surface area contributed by atoms with Gasteiger partial charge in [0.15, 0.2) is 0 Å². The zero-order valence-corrected chi connectivity index (χ0v) is 15.6. The first-order chi connectivity index (χ1) is 10.5. The van der Waals surface area contributed by atoms with Crippen LogP contribution in [-0.2, 0) is 29.3 Å².